The quantitative estimate of drug-likeness (QED) is 0.336. The van der Waals surface area contributed by atoms with Crippen molar-refractivity contribution in [2.24, 2.45) is 5.10 Å². The van der Waals surface area contributed by atoms with E-state index in [0.29, 0.717) is 43.8 Å². The summed E-state index contributed by atoms with van der Waals surface area (Å²) in [5.41, 5.74) is 4.38. The number of rotatable bonds is 7. The van der Waals surface area contributed by atoms with Gasteiger partial charge in [-0.1, -0.05) is 18.2 Å². The monoisotopic (exact) mass is 420 g/mol. The fraction of sp³-hybridized carbons (Fsp3) is 0.200. The zero-order chi connectivity index (χ0) is 21.5. The van der Waals surface area contributed by atoms with Gasteiger partial charge < -0.3 is 15.0 Å². The summed E-state index contributed by atoms with van der Waals surface area (Å²) in [7, 11) is 0. The fourth-order valence-electron chi connectivity index (χ4n) is 2.87. The second-order valence-electron chi connectivity index (χ2n) is 6.59. The van der Waals surface area contributed by atoms with Crippen LogP contribution in [0.3, 0.4) is 0 Å². The van der Waals surface area contributed by atoms with Gasteiger partial charge in [0.1, 0.15) is 0 Å². The van der Waals surface area contributed by atoms with Crippen LogP contribution in [-0.4, -0.2) is 52.4 Å². The van der Waals surface area contributed by atoms with E-state index in [1.54, 1.807) is 12.1 Å². The molecule has 1 aliphatic rings. The third kappa shape index (κ3) is 5.48. The first-order chi connectivity index (χ1) is 15.2. The topological polar surface area (TPSA) is 131 Å². The Morgan fingerprint density at radius 1 is 1.00 bits per heavy atom. The smallest absolute Gasteiger partial charge is 0.269 e. The number of hydrogen-bond acceptors (Lipinski definition) is 10. The Bertz CT molecular complexity index is 1050. The number of aromatic nitrogens is 3. The van der Waals surface area contributed by atoms with E-state index >= 15 is 0 Å². The van der Waals surface area contributed by atoms with Crippen LogP contribution < -0.4 is 15.6 Å². The lowest BCUT2D eigenvalue weighted by Gasteiger charge is -2.27. The van der Waals surface area contributed by atoms with Gasteiger partial charge in [-0.05, 0) is 29.8 Å². The van der Waals surface area contributed by atoms with Gasteiger partial charge in [-0.3, -0.25) is 10.1 Å². The van der Waals surface area contributed by atoms with Crippen molar-refractivity contribution in [1.82, 2.24) is 15.0 Å². The van der Waals surface area contributed by atoms with Gasteiger partial charge in [-0.15, -0.1) is 0 Å². The number of benzene rings is 2. The van der Waals surface area contributed by atoms with Gasteiger partial charge in [-0.2, -0.15) is 20.1 Å². The minimum Gasteiger partial charge on any atom is -0.378 e. The molecule has 0 aliphatic carbocycles. The molecule has 0 radical (unpaired) electrons. The Morgan fingerprint density at radius 3 is 2.42 bits per heavy atom. The first-order valence-corrected chi connectivity index (χ1v) is 9.62. The van der Waals surface area contributed by atoms with Crippen LogP contribution in [0.15, 0.2) is 59.7 Å². The predicted molar refractivity (Wildman–Crippen MR) is 117 cm³/mol. The summed E-state index contributed by atoms with van der Waals surface area (Å²) in [6, 6.07) is 15.6. The Hall–Kier alpha value is -4.12. The van der Waals surface area contributed by atoms with E-state index in [9.17, 15) is 10.1 Å². The van der Waals surface area contributed by atoms with E-state index in [0.717, 1.165) is 5.69 Å². The van der Waals surface area contributed by atoms with E-state index in [2.05, 4.69) is 30.8 Å². The van der Waals surface area contributed by atoms with Crippen molar-refractivity contribution < 1.29 is 9.66 Å². The first kappa shape index (κ1) is 20.2. The molecule has 0 bridgehead atoms. The van der Waals surface area contributed by atoms with Crippen LogP contribution in [0.25, 0.3) is 0 Å². The lowest BCUT2D eigenvalue weighted by molar-refractivity contribution is -0.384. The molecule has 0 unspecified atom stereocenters. The number of para-hydroxylation sites is 1. The Balaban J connectivity index is 1.53. The van der Waals surface area contributed by atoms with Crippen LogP contribution in [-0.2, 0) is 4.74 Å². The van der Waals surface area contributed by atoms with Gasteiger partial charge in [0.2, 0.25) is 17.8 Å². The van der Waals surface area contributed by atoms with Crippen molar-refractivity contribution in [2.45, 2.75) is 0 Å². The highest BCUT2D eigenvalue weighted by molar-refractivity contribution is 5.80. The SMILES string of the molecule is O=[N+]([O-])c1ccc(/C=N\Nc2nc(Nc3ccccc3)nc(N3CCOCC3)n2)cc1. The van der Waals surface area contributed by atoms with Crippen LogP contribution >= 0.6 is 0 Å². The molecule has 0 spiro atoms. The molecule has 158 valence electrons. The molecule has 31 heavy (non-hydrogen) atoms. The highest BCUT2D eigenvalue weighted by Crippen LogP contribution is 2.18. The number of anilines is 4. The maximum Gasteiger partial charge on any atom is 0.269 e. The molecule has 2 N–H and O–H groups in total. The van der Waals surface area contributed by atoms with Crippen molar-refractivity contribution in [2.75, 3.05) is 41.9 Å². The molecule has 1 aromatic heterocycles. The van der Waals surface area contributed by atoms with E-state index in [1.807, 2.05) is 35.2 Å². The third-order valence-electron chi connectivity index (χ3n) is 4.43. The largest absolute Gasteiger partial charge is 0.378 e. The zero-order valence-corrected chi connectivity index (χ0v) is 16.5. The van der Waals surface area contributed by atoms with Gasteiger partial charge in [0, 0.05) is 30.9 Å². The average Bonchev–Trinajstić information content (AvgIpc) is 2.80. The van der Waals surface area contributed by atoms with Crippen LogP contribution in [0.4, 0.5) is 29.2 Å². The Kier molecular flexibility index (Phi) is 6.24. The predicted octanol–water partition coefficient (Wildman–Crippen LogP) is 2.81. The first-order valence-electron chi connectivity index (χ1n) is 9.62. The molecule has 2 heterocycles. The Labute approximate surface area is 178 Å². The molecule has 1 saturated heterocycles. The molecule has 11 heteroatoms. The normalized spacial score (nSPS) is 13.9. The van der Waals surface area contributed by atoms with Crippen molar-refractivity contribution in [3.63, 3.8) is 0 Å². The third-order valence-corrected chi connectivity index (χ3v) is 4.43. The number of morpholine rings is 1. The highest BCUT2D eigenvalue weighted by atomic mass is 16.6. The van der Waals surface area contributed by atoms with Crippen LogP contribution in [0.2, 0.25) is 0 Å². The maximum atomic E-state index is 10.8. The van der Waals surface area contributed by atoms with Crippen LogP contribution in [0, 0.1) is 10.1 Å². The molecular weight excluding hydrogens is 400 g/mol. The fourth-order valence-corrected chi connectivity index (χ4v) is 2.87. The standard InChI is InChI=1S/C20H20N8O3/c29-28(30)17-8-6-15(7-9-17)14-21-26-19-23-18(22-16-4-2-1-3-5-16)24-20(25-19)27-10-12-31-13-11-27/h1-9,14H,10-13H2,(H2,22,23,24,25,26)/b21-14-. The number of hydrogen-bond donors (Lipinski definition) is 2. The summed E-state index contributed by atoms with van der Waals surface area (Å²) < 4.78 is 5.40. The molecule has 1 aliphatic heterocycles. The summed E-state index contributed by atoms with van der Waals surface area (Å²) in [6.45, 7) is 2.57. The highest BCUT2D eigenvalue weighted by Gasteiger charge is 2.16. The second kappa shape index (κ2) is 9.59. The average molecular weight is 420 g/mol. The molecule has 4 rings (SSSR count). The maximum absolute atomic E-state index is 10.8. The summed E-state index contributed by atoms with van der Waals surface area (Å²) in [5, 5.41) is 18.1. The zero-order valence-electron chi connectivity index (χ0n) is 16.5. The van der Waals surface area contributed by atoms with Crippen molar-refractivity contribution in [3.8, 4) is 0 Å². The molecule has 2 aromatic carbocycles. The van der Waals surface area contributed by atoms with E-state index < -0.39 is 4.92 Å². The number of non-ortho nitro benzene ring substituents is 1. The number of ether oxygens (including phenoxy) is 1. The number of nitro benzene ring substituents is 1. The minimum absolute atomic E-state index is 0.0226. The van der Waals surface area contributed by atoms with Gasteiger partial charge in [0.25, 0.3) is 5.69 Å². The molecule has 0 atom stereocenters. The van der Waals surface area contributed by atoms with Gasteiger partial charge in [0.15, 0.2) is 0 Å². The summed E-state index contributed by atoms with van der Waals surface area (Å²) >= 11 is 0. The number of nitro groups is 1. The summed E-state index contributed by atoms with van der Waals surface area (Å²) in [5.74, 6) is 1.17. The van der Waals surface area contributed by atoms with Gasteiger partial charge in [-0.25, -0.2) is 5.43 Å². The molecule has 3 aromatic rings. The van der Waals surface area contributed by atoms with Crippen molar-refractivity contribution >= 4 is 35.4 Å². The van der Waals surface area contributed by atoms with Crippen LogP contribution in [0.5, 0.6) is 0 Å². The number of nitrogens with one attached hydrogen (secondary N) is 2. The molecule has 1 fully saturated rings. The van der Waals surface area contributed by atoms with E-state index in [-0.39, 0.29) is 11.6 Å². The summed E-state index contributed by atoms with van der Waals surface area (Å²) in [4.78, 5) is 25.7. The van der Waals surface area contributed by atoms with Crippen LogP contribution in [0.1, 0.15) is 5.56 Å². The van der Waals surface area contributed by atoms with Crippen molar-refractivity contribution in [3.05, 3.63) is 70.3 Å². The van der Waals surface area contributed by atoms with Gasteiger partial charge in [0.05, 0.1) is 24.4 Å². The van der Waals surface area contributed by atoms with E-state index in [4.69, 9.17) is 4.74 Å². The molecule has 11 nitrogen and oxygen atoms in total. The minimum atomic E-state index is -0.446. The van der Waals surface area contributed by atoms with Crippen molar-refractivity contribution in [1.29, 1.82) is 0 Å². The molecule has 0 amide bonds. The second-order valence-corrected chi connectivity index (χ2v) is 6.59. The van der Waals surface area contributed by atoms with E-state index in [1.165, 1.54) is 18.3 Å². The molecule has 0 saturated carbocycles. The number of nitrogens with zero attached hydrogens (tertiary/aromatic N) is 6. The lowest BCUT2D eigenvalue weighted by Crippen LogP contribution is -2.37. The lowest BCUT2D eigenvalue weighted by atomic mass is 10.2. The number of hydrazone groups is 1. The van der Waals surface area contributed by atoms with Gasteiger partial charge >= 0.3 is 0 Å². The summed E-state index contributed by atoms with van der Waals surface area (Å²) in [6.07, 6.45) is 1.53. The Morgan fingerprint density at radius 2 is 1.71 bits per heavy atom. The molecular formula is C20H20N8O3.